The quantitative estimate of drug-likeness (QED) is 0.143. The fourth-order valence-corrected chi connectivity index (χ4v) is 6.24. The highest BCUT2D eigenvalue weighted by Crippen LogP contribution is 2.29. The molecule has 2 atom stereocenters. The van der Waals surface area contributed by atoms with Crippen molar-refractivity contribution in [3.05, 3.63) is 83.0 Å². The second-order valence-corrected chi connectivity index (χ2v) is 13.9. The van der Waals surface area contributed by atoms with Crippen LogP contribution in [0.15, 0.2) is 66.7 Å². The van der Waals surface area contributed by atoms with Crippen molar-refractivity contribution in [2.75, 3.05) is 19.7 Å². The van der Waals surface area contributed by atoms with Gasteiger partial charge in [-0.1, -0.05) is 54.1 Å². The van der Waals surface area contributed by atoms with Crippen molar-refractivity contribution in [2.24, 2.45) is 0 Å². The number of carbonyl (C=O) groups is 1. The topological polar surface area (TPSA) is 83.9 Å². The van der Waals surface area contributed by atoms with Gasteiger partial charge in [-0.15, -0.1) is 0 Å². The van der Waals surface area contributed by atoms with Crippen LogP contribution in [0.3, 0.4) is 0 Å². The molecule has 2 N–H and O–H groups in total. The lowest BCUT2D eigenvalue weighted by Gasteiger charge is -2.33. The number of benzene rings is 3. The Morgan fingerprint density at radius 2 is 1.82 bits per heavy atom. The molecule has 2 heterocycles. The number of rotatable bonds is 11. The first-order chi connectivity index (χ1) is 20.8. The van der Waals surface area contributed by atoms with E-state index >= 15 is 0 Å². The summed E-state index contributed by atoms with van der Waals surface area (Å²) in [5.41, 5.74) is 2.17. The van der Waals surface area contributed by atoms with Crippen molar-refractivity contribution in [3.63, 3.8) is 0 Å². The summed E-state index contributed by atoms with van der Waals surface area (Å²) in [6, 6.07) is 22.6. The lowest BCUT2D eigenvalue weighted by Crippen LogP contribution is -2.50. The average molecular weight is 618 g/mol. The van der Waals surface area contributed by atoms with E-state index in [-0.39, 0.29) is 18.2 Å². The summed E-state index contributed by atoms with van der Waals surface area (Å²) in [5.74, 6) is 0.142. The van der Waals surface area contributed by atoms with Gasteiger partial charge in [0.15, 0.2) is 6.61 Å². The third kappa shape index (κ3) is 8.48. The van der Waals surface area contributed by atoms with Gasteiger partial charge in [-0.3, -0.25) is 4.90 Å². The number of hydrogen-bond acceptors (Lipinski definition) is 7. The van der Waals surface area contributed by atoms with Crippen LogP contribution in [0.25, 0.3) is 21.7 Å². The summed E-state index contributed by atoms with van der Waals surface area (Å²) < 4.78 is 11.0. The minimum atomic E-state index is -0.565. The van der Waals surface area contributed by atoms with Gasteiger partial charge in [-0.25, -0.2) is 9.78 Å². The van der Waals surface area contributed by atoms with E-state index in [9.17, 15) is 9.90 Å². The average Bonchev–Trinajstić information content (AvgIpc) is 3.42. The molecule has 1 saturated heterocycles. The Hall–Kier alpha value is -3.23. The van der Waals surface area contributed by atoms with Crippen molar-refractivity contribution < 1.29 is 19.4 Å². The molecule has 1 aliphatic rings. The zero-order valence-corrected chi connectivity index (χ0v) is 27.2. The number of nitrogens with zero attached hydrogens (tertiary/aromatic N) is 2. The van der Waals surface area contributed by atoms with Crippen LogP contribution in [0.5, 0.6) is 5.75 Å². The minimum absolute atomic E-state index is 0.0224. The fraction of sp³-hybridized carbons (Fsp3) is 0.444. The molecule has 7 nitrogen and oxygen atoms in total. The number of aliphatic hydroxyl groups excluding tert-OH is 1. The maximum Gasteiger partial charge on any atom is 0.344 e. The van der Waals surface area contributed by atoms with Gasteiger partial charge in [0.25, 0.3) is 0 Å². The Labute approximate surface area is 265 Å². The lowest BCUT2D eigenvalue weighted by molar-refractivity contribution is -0.157. The number of β-amino-alcohol motifs (C(OH)–C–C–N with tert-alkyl or cyclic N) is 1. The second-order valence-electron chi connectivity index (χ2n) is 13.5. The second kappa shape index (κ2) is 13.4. The van der Waals surface area contributed by atoms with E-state index in [0.717, 1.165) is 42.3 Å². The summed E-state index contributed by atoms with van der Waals surface area (Å²) in [7, 11) is 0. The SMILES string of the molecule is CC(C)(Cc1ccc2ccccc2c1)NC[C@@H](O)[C@H]1CCCN1Cc1cc2cc(OCC(=O)OC(C)(C)C)ccc2nc1Cl. The number of ether oxygens (including phenoxy) is 2. The molecular weight excluding hydrogens is 574 g/mol. The van der Waals surface area contributed by atoms with Crippen molar-refractivity contribution >= 4 is 39.2 Å². The molecule has 1 aromatic heterocycles. The van der Waals surface area contributed by atoms with Crippen molar-refractivity contribution in [1.29, 1.82) is 0 Å². The molecule has 0 aliphatic carbocycles. The molecule has 0 saturated carbocycles. The van der Waals surface area contributed by atoms with E-state index in [1.807, 2.05) is 39.0 Å². The Morgan fingerprint density at radius 3 is 2.59 bits per heavy atom. The predicted octanol–water partition coefficient (Wildman–Crippen LogP) is 6.70. The fourth-order valence-electron chi connectivity index (χ4n) is 6.03. The maximum absolute atomic E-state index is 12.1. The van der Waals surface area contributed by atoms with Gasteiger partial charge in [0.05, 0.1) is 11.6 Å². The Kier molecular flexibility index (Phi) is 9.80. The zero-order chi connectivity index (χ0) is 31.5. The van der Waals surface area contributed by atoms with Crippen LogP contribution in [0.2, 0.25) is 5.15 Å². The Morgan fingerprint density at radius 1 is 1.05 bits per heavy atom. The number of halogens is 1. The van der Waals surface area contributed by atoms with Crippen LogP contribution in [-0.2, 0) is 22.5 Å². The molecule has 0 bridgehead atoms. The van der Waals surface area contributed by atoms with Crippen LogP contribution >= 0.6 is 11.6 Å². The van der Waals surface area contributed by atoms with Gasteiger partial charge in [0.1, 0.15) is 16.5 Å². The van der Waals surface area contributed by atoms with Crippen molar-refractivity contribution in [1.82, 2.24) is 15.2 Å². The number of nitrogens with one attached hydrogen (secondary N) is 1. The number of likely N-dealkylation sites (tertiary alicyclic amines) is 1. The smallest absolute Gasteiger partial charge is 0.344 e. The third-order valence-electron chi connectivity index (χ3n) is 8.07. The van der Waals surface area contributed by atoms with Crippen LogP contribution < -0.4 is 10.1 Å². The van der Waals surface area contributed by atoms with Gasteiger partial charge in [-0.05, 0) is 101 Å². The molecule has 4 aromatic rings. The number of esters is 1. The first-order valence-corrected chi connectivity index (χ1v) is 15.8. The molecule has 0 amide bonds. The molecular formula is C36H44ClN3O4. The van der Waals surface area contributed by atoms with E-state index in [1.54, 1.807) is 6.07 Å². The summed E-state index contributed by atoms with van der Waals surface area (Å²) in [4.78, 5) is 19.0. The molecule has 5 rings (SSSR count). The predicted molar refractivity (Wildman–Crippen MR) is 177 cm³/mol. The number of aromatic nitrogens is 1. The summed E-state index contributed by atoms with van der Waals surface area (Å²) >= 11 is 6.64. The number of pyridine rings is 1. The highest BCUT2D eigenvalue weighted by Gasteiger charge is 2.32. The summed E-state index contributed by atoms with van der Waals surface area (Å²) in [6.45, 7) is 11.7. The molecule has 1 fully saturated rings. The number of hydrogen-bond donors (Lipinski definition) is 2. The van der Waals surface area contributed by atoms with Crippen LogP contribution in [-0.4, -0.2) is 63.9 Å². The third-order valence-corrected chi connectivity index (χ3v) is 8.40. The van der Waals surface area contributed by atoms with Crippen LogP contribution in [0.4, 0.5) is 0 Å². The highest BCUT2D eigenvalue weighted by molar-refractivity contribution is 6.30. The molecule has 0 unspecified atom stereocenters. The molecule has 0 spiro atoms. The van der Waals surface area contributed by atoms with E-state index in [4.69, 9.17) is 21.1 Å². The number of fused-ring (bicyclic) bond motifs is 2. The van der Waals surface area contributed by atoms with Crippen molar-refractivity contribution in [3.8, 4) is 5.75 Å². The van der Waals surface area contributed by atoms with Gasteiger partial charge >= 0.3 is 5.97 Å². The van der Waals surface area contributed by atoms with Crippen LogP contribution in [0, 0.1) is 0 Å². The monoisotopic (exact) mass is 617 g/mol. The minimum Gasteiger partial charge on any atom is -0.482 e. The maximum atomic E-state index is 12.1. The highest BCUT2D eigenvalue weighted by atomic mass is 35.5. The molecule has 44 heavy (non-hydrogen) atoms. The van der Waals surface area contributed by atoms with Gasteiger partial charge in [0, 0.05) is 35.6 Å². The van der Waals surface area contributed by atoms with Crippen LogP contribution in [0.1, 0.15) is 58.6 Å². The lowest BCUT2D eigenvalue weighted by atomic mass is 9.93. The van der Waals surface area contributed by atoms with Gasteiger partial charge in [-0.2, -0.15) is 0 Å². The van der Waals surface area contributed by atoms with Gasteiger partial charge in [0.2, 0.25) is 0 Å². The normalized spacial score (nSPS) is 16.8. The molecule has 0 radical (unpaired) electrons. The molecule has 1 aliphatic heterocycles. The Balaban J connectivity index is 1.20. The zero-order valence-electron chi connectivity index (χ0n) is 26.4. The first kappa shape index (κ1) is 32.2. The summed E-state index contributed by atoms with van der Waals surface area (Å²) in [5, 5.41) is 18.8. The number of carbonyl (C=O) groups excluding carboxylic acids is 1. The standard InChI is InChI=1S/C36H44ClN3O4/c1-35(2,3)44-33(42)23-43-29-14-15-30-27(19-29)18-28(34(37)39-30)22-40-16-8-11-31(40)32(41)21-38-36(4,5)20-24-12-13-25-9-6-7-10-26(25)17-24/h6-7,9-10,12-15,17-19,31-32,38,41H,8,11,16,20-23H2,1-5H3/t31-,32-/m1/s1. The molecule has 8 heteroatoms. The first-order valence-electron chi connectivity index (χ1n) is 15.4. The van der Waals surface area contributed by atoms with E-state index in [1.165, 1.54) is 16.3 Å². The summed E-state index contributed by atoms with van der Waals surface area (Å²) in [6.07, 6.45) is 2.29. The molecule has 234 valence electrons. The van der Waals surface area contributed by atoms with Gasteiger partial charge < -0.3 is 19.9 Å². The Bertz CT molecular complexity index is 1620. The molecule has 3 aromatic carbocycles. The van der Waals surface area contributed by atoms with E-state index in [2.05, 4.69) is 71.5 Å². The van der Waals surface area contributed by atoms with Crippen molar-refractivity contribution in [2.45, 2.75) is 83.7 Å². The number of aliphatic hydroxyl groups is 1. The van der Waals surface area contributed by atoms with E-state index < -0.39 is 17.7 Å². The van der Waals surface area contributed by atoms with E-state index in [0.29, 0.717) is 24.0 Å². The largest absolute Gasteiger partial charge is 0.482 e.